The van der Waals surface area contributed by atoms with Crippen LogP contribution in [0.5, 0.6) is 5.75 Å². The van der Waals surface area contributed by atoms with Gasteiger partial charge in [-0.15, -0.1) is 0 Å². The molecule has 0 saturated heterocycles. The third-order valence-electron chi connectivity index (χ3n) is 3.41. The van der Waals surface area contributed by atoms with Gasteiger partial charge in [0.15, 0.2) is 17.7 Å². The summed E-state index contributed by atoms with van der Waals surface area (Å²) in [6.45, 7) is 3.75. The Balaban J connectivity index is 2.08. The van der Waals surface area contributed by atoms with E-state index < -0.39 is 23.8 Å². The fraction of sp³-hybridized carbons (Fsp3) is 0.263. The summed E-state index contributed by atoms with van der Waals surface area (Å²) >= 11 is 0. The van der Waals surface area contributed by atoms with Crippen molar-refractivity contribution in [1.82, 2.24) is 0 Å². The molecular weight excluding hydrogens is 325 g/mol. The molecule has 2 aromatic rings. The Hall–Kier alpha value is -2.89. The third kappa shape index (κ3) is 5.04. The van der Waals surface area contributed by atoms with Gasteiger partial charge >= 0.3 is 5.97 Å². The van der Waals surface area contributed by atoms with Gasteiger partial charge in [0.25, 0.3) is 5.91 Å². The molecule has 0 aliphatic rings. The molecule has 0 bridgehead atoms. The van der Waals surface area contributed by atoms with Crippen molar-refractivity contribution in [1.29, 1.82) is 0 Å². The van der Waals surface area contributed by atoms with E-state index in [0.29, 0.717) is 17.7 Å². The van der Waals surface area contributed by atoms with E-state index in [1.54, 1.807) is 44.2 Å². The van der Waals surface area contributed by atoms with Gasteiger partial charge in [-0.1, -0.05) is 25.1 Å². The van der Waals surface area contributed by atoms with Crippen molar-refractivity contribution in [2.75, 3.05) is 11.9 Å². The van der Waals surface area contributed by atoms with Gasteiger partial charge in [0, 0.05) is 5.69 Å². The molecule has 1 amide bonds. The molecule has 0 fully saturated rings. The van der Waals surface area contributed by atoms with Crippen molar-refractivity contribution < 1.29 is 23.5 Å². The van der Waals surface area contributed by atoms with Gasteiger partial charge in [-0.2, -0.15) is 0 Å². The molecule has 2 rings (SSSR count). The molecule has 5 nitrogen and oxygen atoms in total. The third-order valence-corrected chi connectivity index (χ3v) is 3.41. The molecule has 1 N–H and O–H groups in total. The summed E-state index contributed by atoms with van der Waals surface area (Å²) in [7, 11) is 0. The number of halogens is 1. The van der Waals surface area contributed by atoms with E-state index in [4.69, 9.17) is 9.47 Å². The summed E-state index contributed by atoms with van der Waals surface area (Å²) < 4.78 is 24.1. The van der Waals surface area contributed by atoms with Crippen LogP contribution in [0.4, 0.5) is 10.1 Å². The predicted octanol–water partition coefficient (Wildman–Crippen LogP) is 3.80. The summed E-state index contributed by atoms with van der Waals surface area (Å²) in [6, 6.07) is 12.3. The van der Waals surface area contributed by atoms with Crippen LogP contribution in [0, 0.1) is 5.82 Å². The number of amides is 1. The number of para-hydroxylation sites is 1. The Morgan fingerprint density at radius 2 is 1.88 bits per heavy atom. The minimum absolute atomic E-state index is 0.0183. The van der Waals surface area contributed by atoms with Crippen molar-refractivity contribution >= 4 is 17.6 Å². The van der Waals surface area contributed by atoms with Crippen molar-refractivity contribution in [3.63, 3.8) is 0 Å². The van der Waals surface area contributed by atoms with Crippen LogP contribution in [0.1, 0.15) is 30.6 Å². The first-order valence-corrected chi connectivity index (χ1v) is 8.04. The maximum Gasteiger partial charge on any atom is 0.338 e. The average molecular weight is 345 g/mol. The topological polar surface area (TPSA) is 64.6 Å². The van der Waals surface area contributed by atoms with Gasteiger partial charge in [0.05, 0.1) is 12.2 Å². The van der Waals surface area contributed by atoms with Crippen LogP contribution in [0.3, 0.4) is 0 Å². The molecule has 0 heterocycles. The van der Waals surface area contributed by atoms with Gasteiger partial charge in [0.2, 0.25) is 0 Å². The summed E-state index contributed by atoms with van der Waals surface area (Å²) in [5.41, 5.74) is 0.772. The molecule has 0 radical (unpaired) electrons. The number of anilines is 1. The van der Waals surface area contributed by atoms with E-state index in [2.05, 4.69) is 5.32 Å². The highest BCUT2D eigenvalue weighted by molar-refractivity contribution is 5.96. The number of hydrogen-bond acceptors (Lipinski definition) is 4. The van der Waals surface area contributed by atoms with Gasteiger partial charge in [-0.3, -0.25) is 4.79 Å². The molecule has 0 spiro atoms. The molecule has 25 heavy (non-hydrogen) atoms. The van der Waals surface area contributed by atoms with E-state index >= 15 is 0 Å². The number of esters is 1. The Kier molecular flexibility index (Phi) is 6.51. The average Bonchev–Trinajstić information content (AvgIpc) is 2.61. The molecule has 0 unspecified atom stereocenters. The molecule has 0 aliphatic carbocycles. The Morgan fingerprint density at radius 1 is 1.12 bits per heavy atom. The van der Waals surface area contributed by atoms with E-state index in [1.165, 1.54) is 18.2 Å². The van der Waals surface area contributed by atoms with Crippen LogP contribution in [0.2, 0.25) is 0 Å². The standard InChI is InChI=1S/C19H20FNO4/c1-3-16(25-17-11-6-5-10-15(17)20)18(22)21-14-9-7-8-13(12-14)19(23)24-4-2/h5-12,16H,3-4H2,1-2H3,(H,21,22)/t16-/m0/s1. The van der Waals surface area contributed by atoms with Crippen molar-refractivity contribution in [2.45, 2.75) is 26.4 Å². The van der Waals surface area contributed by atoms with E-state index in [1.807, 2.05) is 0 Å². The maximum absolute atomic E-state index is 13.7. The highest BCUT2D eigenvalue weighted by Gasteiger charge is 2.20. The summed E-state index contributed by atoms with van der Waals surface area (Å²) in [4.78, 5) is 24.1. The van der Waals surface area contributed by atoms with Gasteiger partial charge in [-0.25, -0.2) is 9.18 Å². The summed E-state index contributed by atoms with van der Waals surface area (Å²) in [5, 5.41) is 2.68. The lowest BCUT2D eigenvalue weighted by Crippen LogP contribution is -2.32. The van der Waals surface area contributed by atoms with Gasteiger partial charge in [-0.05, 0) is 43.7 Å². The second kappa shape index (κ2) is 8.82. The first-order valence-electron chi connectivity index (χ1n) is 8.04. The van der Waals surface area contributed by atoms with Crippen LogP contribution < -0.4 is 10.1 Å². The number of rotatable bonds is 7. The van der Waals surface area contributed by atoms with Gasteiger partial charge < -0.3 is 14.8 Å². The number of hydrogen-bond donors (Lipinski definition) is 1. The SMILES string of the molecule is CCOC(=O)c1cccc(NC(=O)[C@H](CC)Oc2ccccc2F)c1. The smallest absolute Gasteiger partial charge is 0.338 e. The molecule has 0 aromatic heterocycles. The number of benzene rings is 2. The largest absolute Gasteiger partial charge is 0.478 e. The minimum Gasteiger partial charge on any atom is -0.478 e. The van der Waals surface area contributed by atoms with Crippen LogP contribution in [0.15, 0.2) is 48.5 Å². The van der Waals surface area contributed by atoms with Crippen LogP contribution in [-0.2, 0) is 9.53 Å². The van der Waals surface area contributed by atoms with Gasteiger partial charge in [0.1, 0.15) is 0 Å². The summed E-state index contributed by atoms with van der Waals surface area (Å²) in [6.07, 6.45) is -0.499. The predicted molar refractivity (Wildman–Crippen MR) is 92.1 cm³/mol. The first-order chi connectivity index (χ1) is 12.0. The zero-order valence-electron chi connectivity index (χ0n) is 14.1. The molecule has 2 aromatic carbocycles. The summed E-state index contributed by atoms with van der Waals surface area (Å²) in [5.74, 6) is -1.40. The highest BCUT2D eigenvalue weighted by atomic mass is 19.1. The lowest BCUT2D eigenvalue weighted by atomic mass is 10.2. The molecular formula is C19H20FNO4. The Labute approximate surface area is 145 Å². The zero-order valence-corrected chi connectivity index (χ0v) is 14.1. The Bertz CT molecular complexity index is 748. The molecule has 132 valence electrons. The maximum atomic E-state index is 13.7. The van der Waals surface area contributed by atoms with Crippen LogP contribution >= 0.6 is 0 Å². The number of carbonyl (C=O) groups is 2. The zero-order chi connectivity index (χ0) is 18.2. The fourth-order valence-electron chi connectivity index (χ4n) is 2.18. The number of ether oxygens (including phenoxy) is 2. The van der Waals surface area contributed by atoms with E-state index in [9.17, 15) is 14.0 Å². The number of carbonyl (C=O) groups excluding carboxylic acids is 2. The normalized spacial score (nSPS) is 11.5. The minimum atomic E-state index is -0.858. The van der Waals surface area contributed by atoms with E-state index in [-0.39, 0.29) is 12.4 Å². The molecule has 0 saturated carbocycles. The first kappa shape index (κ1) is 18.4. The van der Waals surface area contributed by atoms with E-state index in [0.717, 1.165) is 0 Å². The Morgan fingerprint density at radius 3 is 2.56 bits per heavy atom. The quantitative estimate of drug-likeness (QED) is 0.775. The molecule has 6 heteroatoms. The monoisotopic (exact) mass is 345 g/mol. The highest BCUT2D eigenvalue weighted by Crippen LogP contribution is 2.19. The lowest BCUT2D eigenvalue weighted by Gasteiger charge is -2.17. The van der Waals surface area contributed by atoms with Crippen LogP contribution in [0.25, 0.3) is 0 Å². The molecule has 0 aliphatic heterocycles. The van der Waals surface area contributed by atoms with Crippen molar-refractivity contribution in [3.8, 4) is 5.75 Å². The van der Waals surface area contributed by atoms with Crippen molar-refractivity contribution in [3.05, 3.63) is 59.9 Å². The lowest BCUT2D eigenvalue weighted by molar-refractivity contribution is -0.122. The molecule has 1 atom stereocenters. The second-order valence-electron chi connectivity index (χ2n) is 5.24. The second-order valence-corrected chi connectivity index (χ2v) is 5.24. The fourth-order valence-corrected chi connectivity index (χ4v) is 2.18. The number of nitrogens with one attached hydrogen (secondary N) is 1. The van der Waals surface area contributed by atoms with Crippen LogP contribution in [-0.4, -0.2) is 24.6 Å². The van der Waals surface area contributed by atoms with Crippen molar-refractivity contribution in [2.24, 2.45) is 0 Å².